The molecule has 2 aromatic carbocycles. The minimum Gasteiger partial charge on any atom is -0.336 e. The summed E-state index contributed by atoms with van der Waals surface area (Å²) in [5.74, 6) is -0.117. The topological polar surface area (TPSA) is 62.3 Å². The fourth-order valence-electron chi connectivity index (χ4n) is 3.72. The molecule has 0 spiro atoms. The zero-order valence-electron chi connectivity index (χ0n) is 17.2. The number of aromatic nitrogens is 1. The number of nitrogens with one attached hydrogen (secondary N) is 1. The maximum atomic E-state index is 12.7. The second kappa shape index (κ2) is 8.79. The van der Waals surface area contributed by atoms with Crippen molar-refractivity contribution in [2.24, 2.45) is 0 Å². The average molecular weight is 420 g/mol. The number of thiazole rings is 1. The molecular weight excluding hydrogens is 394 g/mol. The Bertz CT molecular complexity index is 1040. The fraction of sp³-hybridized carbons (Fsp3) is 0.292. The highest BCUT2D eigenvalue weighted by molar-refractivity contribution is 7.13. The number of aryl methyl sites for hydroxylation is 1. The van der Waals surface area contributed by atoms with Crippen molar-refractivity contribution in [1.82, 2.24) is 9.88 Å². The first-order valence-electron chi connectivity index (χ1n) is 10.3. The Kier molecular flexibility index (Phi) is 5.95. The third-order valence-electron chi connectivity index (χ3n) is 5.47. The quantitative estimate of drug-likeness (QED) is 0.617. The van der Waals surface area contributed by atoms with Crippen LogP contribution in [0.1, 0.15) is 52.6 Å². The average Bonchev–Trinajstić information content (AvgIpc) is 3.20. The molecule has 0 saturated carbocycles. The summed E-state index contributed by atoms with van der Waals surface area (Å²) in [6.45, 7) is 4.88. The Balaban J connectivity index is 1.40. The van der Waals surface area contributed by atoms with Gasteiger partial charge in [0.05, 0.1) is 0 Å². The van der Waals surface area contributed by atoms with Crippen molar-refractivity contribution in [3.8, 4) is 10.6 Å². The van der Waals surface area contributed by atoms with Crippen LogP contribution in [0.4, 0.5) is 5.69 Å². The summed E-state index contributed by atoms with van der Waals surface area (Å²) in [4.78, 5) is 31.7. The van der Waals surface area contributed by atoms with E-state index in [0.717, 1.165) is 35.7 Å². The van der Waals surface area contributed by atoms with Crippen LogP contribution in [0, 0.1) is 6.92 Å². The number of piperidine rings is 1. The van der Waals surface area contributed by atoms with Crippen molar-refractivity contribution in [3.05, 3.63) is 70.7 Å². The van der Waals surface area contributed by atoms with E-state index in [0.29, 0.717) is 16.8 Å². The molecule has 1 aliphatic rings. The summed E-state index contributed by atoms with van der Waals surface area (Å²) in [6, 6.07) is 14.8. The molecule has 1 aromatic heterocycles. The number of anilines is 1. The largest absolute Gasteiger partial charge is 0.336 e. The first-order chi connectivity index (χ1) is 14.5. The molecule has 30 heavy (non-hydrogen) atoms. The van der Waals surface area contributed by atoms with E-state index in [1.165, 1.54) is 6.42 Å². The van der Waals surface area contributed by atoms with Crippen LogP contribution in [-0.4, -0.2) is 34.3 Å². The van der Waals surface area contributed by atoms with E-state index in [4.69, 9.17) is 0 Å². The number of amides is 2. The molecule has 0 aliphatic carbocycles. The summed E-state index contributed by atoms with van der Waals surface area (Å²) in [5, 5.41) is 5.86. The summed E-state index contributed by atoms with van der Waals surface area (Å²) in [5.41, 5.74) is 3.90. The van der Waals surface area contributed by atoms with E-state index in [-0.39, 0.29) is 17.9 Å². The van der Waals surface area contributed by atoms with Gasteiger partial charge in [0.15, 0.2) is 0 Å². The third kappa shape index (κ3) is 4.44. The maximum absolute atomic E-state index is 12.7. The lowest BCUT2D eigenvalue weighted by atomic mass is 10.0. The van der Waals surface area contributed by atoms with Gasteiger partial charge in [0.25, 0.3) is 11.8 Å². The van der Waals surface area contributed by atoms with Gasteiger partial charge in [0.2, 0.25) is 0 Å². The van der Waals surface area contributed by atoms with Gasteiger partial charge in [-0.15, -0.1) is 11.3 Å². The molecular formula is C24H25N3O2S. The Morgan fingerprint density at radius 3 is 2.37 bits per heavy atom. The fourth-order valence-corrected chi connectivity index (χ4v) is 4.52. The number of carbonyl (C=O) groups excluding carboxylic acids is 2. The molecule has 154 valence electrons. The maximum Gasteiger partial charge on any atom is 0.255 e. The van der Waals surface area contributed by atoms with Crippen molar-refractivity contribution >= 4 is 28.8 Å². The third-order valence-corrected chi connectivity index (χ3v) is 6.48. The summed E-state index contributed by atoms with van der Waals surface area (Å²) < 4.78 is 0. The van der Waals surface area contributed by atoms with Crippen molar-refractivity contribution < 1.29 is 9.59 Å². The predicted octanol–water partition coefficient (Wildman–Crippen LogP) is 5.39. The van der Waals surface area contributed by atoms with Gasteiger partial charge in [0.1, 0.15) is 5.01 Å². The molecule has 6 heteroatoms. The van der Waals surface area contributed by atoms with Gasteiger partial charge < -0.3 is 10.2 Å². The predicted molar refractivity (Wildman–Crippen MR) is 121 cm³/mol. The molecule has 2 heterocycles. The van der Waals surface area contributed by atoms with Crippen LogP contribution in [0.15, 0.2) is 53.9 Å². The molecule has 3 aromatic rings. The highest BCUT2D eigenvalue weighted by Crippen LogP contribution is 2.24. The Hall–Kier alpha value is -2.99. The zero-order chi connectivity index (χ0) is 21.1. The second-order valence-corrected chi connectivity index (χ2v) is 8.60. The molecule has 1 unspecified atom stereocenters. The van der Waals surface area contributed by atoms with Crippen LogP contribution in [0.25, 0.3) is 10.6 Å². The molecule has 1 fully saturated rings. The normalized spacial score (nSPS) is 16.3. The van der Waals surface area contributed by atoms with Gasteiger partial charge in [-0.3, -0.25) is 9.59 Å². The van der Waals surface area contributed by atoms with Crippen molar-refractivity contribution in [3.63, 3.8) is 0 Å². The Morgan fingerprint density at radius 1 is 1.03 bits per heavy atom. The molecule has 1 aliphatic heterocycles. The van der Waals surface area contributed by atoms with Gasteiger partial charge >= 0.3 is 0 Å². The lowest BCUT2D eigenvalue weighted by Crippen LogP contribution is -2.42. The first-order valence-corrected chi connectivity index (χ1v) is 11.1. The lowest BCUT2D eigenvalue weighted by Gasteiger charge is -2.33. The highest BCUT2D eigenvalue weighted by atomic mass is 32.1. The van der Waals surface area contributed by atoms with Gasteiger partial charge in [-0.05, 0) is 69.5 Å². The minimum absolute atomic E-state index is 0.0630. The van der Waals surface area contributed by atoms with Gasteiger partial charge in [-0.1, -0.05) is 12.1 Å². The smallest absolute Gasteiger partial charge is 0.255 e. The molecule has 1 saturated heterocycles. The number of carbonyl (C=O) groups is 2. The Morgan fingerprint density at radius 2 is 1.73 bits per heavy atom. The van der Waals surface area contributed by atoms with E-state index in [1.807, 2.05) is 29.3 Å². The van der Waals surface area contributed by atoms with Crippen LogP contribution in [0.2, 0.25) is 0 Å². The molecule has 2 amide bonds. The van der Waals surface area contributed by atoms with Gasteiger partial charge in [0, 0.05) is 46.0 Å². The monoisotopic (exact) mass is 419 g/mol. The van der Waals surface area contributed by atoms with E-state index in [1.54, 1.807) is 47.7 Å². The molecule has 5 nitrogen and oxygen atoms in total. The minimum atomic E-state index is -0.180. The SMILES string of the molecule is Cc1csc(-c2ccc(C(=O)Nc3ccc(C(=O)N4CCCCC4C)cc3)cc2)n1. The molecule has 1 N–H and O–H groups in total. The zero-order valence-corrected chi connectivity index (χ0v) is 18.0. The van der Waals surface area contributed by atoms with Gasteiger partial charge in [-0.25, -0.2) is 4.98 Å². The van der Waals surface area contributed by atoms with Crippen LogP contribution < -0.4 is 5.32 Å². The molecule has 1 atom stereocenters. The molecule has 0 bridgehead atoms. The molecule has 4 rings (SSSR count). The molecule has 0 radical (unpaired) electrons. The number of hydrogen-bond donors (Lipinski definition) is 1. The van der Waals surface area contributed by atoms with E-state index in [9.17, 15) is 9.59 Å². The van der Waals surface area contributed by atoms with Crippen LogP contribution in [-0.2, 0) is 0 Å². The summed E-state index contributed by atoms with van der Waals surface area (Å²) in [7, 11) is 0. The lowest BCUT2D eigenvalue weighted by molar-refractivity contribution is 0.0635. The number of rotatable bonds is 4. The van der Waals surface area contributed by atoms with Crippen LogP contribution in [0.3, 0.4) is 0 Å². The van der Waals surface area contributed by atoms with E-state index in [2.05, 4.69) is 17.2 Å². The Labute approximate surface area is 180 Å². The standard InChI is InChI=1S/C24H25N3O2S/c1-16-15-30-23(25-16)19-8-6-18(7-9-19)22(28)26-21-12-10-20(11-13-21)24(29)27-14-4-3-5-17(27)2/h6-13,15,17H,3-5,14H2,1-2H3,(H,26,28). The van der Waals surface area contributed by atoms with E-state index >= 15 is 0 Å². The van der Waals surface area contributed by atoms with Crippen molar-refractivity contribution in [2.45, 2.75) is 39.2 Å². The summed E-state index contributed by atoms with van der Waals surface area (Å²) in [6.07, 6.45) is 3.30. The first kappa shape index (κ1) is 20.3. The number of benzene rings is 2. The highest BCUT2D eigenvalue weighted by Gasteiger charge is 2.24. The van der Waals surface area contributed by atoms with Crippen molar-refractivity contribution in [1.29, 1.82) is 0 Å². The van der Waals surface area contributed by atoms with Gasteiger partial charge in [-0.2, -0.15) is 0 Å². The number of hydrogen-bond acceptors (Lipinski definition) is 4. The van der Waals surface area contributed by atoms with Crippen LogP contribution in [0.5, 0.6) is 0 Å². The number of likely N-dealkylation sites (tertiary alicyclic amines) is 1. The van der Waals surface area contributed by atoms with Crippen LogP contribution >= 0.6 is 11.3 Å². The summed E-state index contributed by atoms with van der Waals surface area (Å²) >= 11 is 1.59. The van der Waals surface area contributed by atoms with Crippen molar-refractivity contribution in [2.75, 3.05) is 11.9 Å². The van der Waals surface area contributed by atoms with E-state index < -0.39 is 0 Å². The number of nitrogens with zero attached hydrogens (tertiary/aromatic N) is 2. The second-order valence-electron chi connectivity index (χ2n) is 7.75.